The van der Waals surface area contributed by atoms with E-state index < -0.39 is 11.4 Å². The van der Waals surface area contributed by atoms with Crippen molar-refractivity contribution in [3.8, 4) is 0 Å². The summed E-state index contributed by atoms with van der Waals surface area (Å²) in [5, 5.41) is 12.1. The molecule has 0 aromatic heterocycles. The van der Waals surface area contributed by atoms with Crippen LogP contribution in [0.2, 0.25) is 0 Å². The fourth-order valence-corrected chi connectivity index (χ4v) is 2.94. The van der Waals surface area contributed by atoms with Crippen molar-refractivity contribution in [2.45, 2.75) is 45.1 Å². The third-order valence-electron chi connectivity index (χ3n) is 4.41. The maximum atomic E-state index is 12.2. The van der Waals surface area contributed by atoms with E-state index in [0.717, 1.165) is 25.9 Å². The summed E-state index contributed by atoms with van der Waals surface area (Å²) in [4.78, 5) is 25.1. The lowest BCUT2D eigenvalue weighted by atomic mass is 9.82. The van der Waals surface area contributed by atoms with Gasteiger partial charge in [0, 0.05) is 26.2 Å². The number of carboxylic acids is 1. The van der Waals surface area contributed by atoms with E-state index in [0.29, 0.717) is 19.5 Å². The van der Waals surface area contributed by atoms with E-state index >= 15 is 0 Å². The Labute approximate surface area is 119 Å². The summed E-state index contributed by atoms with van der Waals surface area (Å²) < 4.78 is 5.63. The van der Waals surface area contributed by atoms with Gasteiger partial charge in [0.2, 0.25) is 0 Å². The number of amides is 2. The Hall–Kier alpha value is -1.30. The molecule has 0 saturated carbocycles. The average Bonchev–Trinajstić information content (AvgIpc) is 2.83. The zero-order valence-electron chi connectivity index (χ0n) is 12.3. The Morgan fingerprint density at radius 2 is 2.05 bits per heavy atom. The Kier molecular flexibility index (Phi) is 4.22. The quantitative estimate of drug-likeness (QED) is 0.822. The van der Waals surface area contributed by atoms with Crippen LogP contribution in [-0.4, -0.2) is 53.8 Å². The maximum absolute atomic E-state index is 12.2. The molecular formula is C14H24N2O4. The number of piperidine rings is 1. The number of ether oxygens (including phenoxy) is 1. The molecule has 2 fully saturated rings. The fourth-order valence-electron chi connectivity index (χ4n) is 2.94. The molecule has 2 aliphatic rings. The first-order chi connectivity index (χ1) is 9.35. The molecular weight excluding hydrogens is 260 g/mol. The van der Waals surface area contributed by atoms with Gasteiger partial charge < -0.3 is 20.1 Å². The van der Waals surface area contributed by atoms with Crippen molar-refractivity contribution in [2.24, 2.45) is 5.41 Å². The normalized spacial score (nSPS) is 34.0. The van der Waals surface area contributed by atoms with Gasteiger partial charge in [-0.25, -0.2) is 4.79 Å². The molecule has 2 atom stereocenters. The highest BCUT2D eigenvalue weighted by molar-refractivity contribution is 5.78. The number of carboxylic acid groups (broad SMARTS) is 1. The number of nitrogens with zero attached hydrogens (tertiary/aromatic N) is 1. The monoisotopic (exact) mass is 284 g/mol. The summed E-state index contributed by atoms with van der Waals surface area (Å²) in [5.74, 6) is -0.832. The second-order valence-corrected chi connectivity index (χ2v) is 6.45. The Morgan fingerprint density at radius 3 is 2.65 bits per heavy atom. The average molecular weight is 284 g/mol. The summed E-state index contributed by atoms with van der Waals surface area (Å²) in [6, 6.07) is -0.186. The summed E-state index contributed by atoms with van der Waals surface area (Å²) in [7, 11) is 0. The minimum Gasteiger partial charge on any atom is -0.481 e. The van der Waals surface area contributed by atoms with E-state index in [2.05, 4.69) is 5.32 Å². The van der Waals surface area contributed by atoms with E-state index in [4.69, 9.17) is 4.74 Å². The van der Waals surface area contributed by atoms with Crippen LogP contribution in [-0.2, 0) is 9.53 Å². The van der Waals surface area contributed by atoms with Crippen LogP contribution in [0, 0.1) is 5.41 Å². The number of aliphatic carboxylic acids is 1. The van der Waals surface area contributed by atoms with Gasteiger partial charge in [0.1, 0.15) is 0 Å². The lowest BCUT2D eigenvalue weighted by Crippen LogP contribution is -2.53. The molecule has 0 spiro atoms. The summed E-state index contributed by atoms with van der Waals surface area (Å²) >= 11 is 0. The first-order valence-electron chi connectivity index (χ1n) is 7.25. The molecule has 2 saturated heterocycles. The van der Waals surface area contributed by atoms with Crippen molar-refractivity contribution < 1.29 is 19.4 Å². The van der Waals surface area contributed by atoms with Crippen LogP contribution < -0.4 is 5.32 Å². The number of nitrogens with one attached hydrogen (secondary N) is 1. The van der Waals surface area contributed by atoms with Crippen LogP contribution >= 0.6 is 0 Å². The van der Waals surface area contributed by atoms with Gasteiger partial charge in [-0.3, -0.25) is 4.79 Å². The lowest BCUT2D eigenvalue weighted by Gasteiger charge is -2.38. The van der Waals surface area contributed by atoms with Crippen molar-refractivity contribution in [1.29, 1.82) is 0 Å². The van der Waals surface area contributed by atoms with Crippen molar-refractivity contribution >= 4 is 12.0 Å². The zero-order valence-corrected chi connectivity index (χ0v) is 12.3. The fraction of sp³-hybridized carbons (Fsp3) is 0.857. The first-order valence-corrected chi connectivity index (χ1v) is 7.25. The summed E-state index contributed by atoms with van der Waals surface area (Å²) in [6.07, 6.45) is 3.31. The van der Waals surface area contributed by atoms with Crippen LogP contribution in [0.25, 0.3) is 0 Å². The molecule has 6 heteroatoms. The molecule has 6 nitrogen and oxygen atoms in total. The number of carbonyl (C=O) groups is 2. The van der Waals surface area contributed by atoms with Gasteiger partial charge in [-0.05, 0) is 39.5 Å². The largest absolute Gasteiger partial charge is 0.481 e. The molecule has 20 heavy (non-hydrogen) atoms. The van der Waals surface area contributed by atoms with Gasteiger partial charge in [0.15, 0.2) is 0 Å². The molecule has 2 aliphatic heterocycles. The highest BCUT2D eigenvalue weighted by Gasteiger charge is 2.40. The van der Waals surface area contributed by atoms with Crippen molar-refractivity contribution in [3.63, 3.8) is 0 Å². The number of hydrogen-bond acceptors (Lipinski definition) is 3. The van der Waals surface area contributed by atoms with Crippen LogP contribution in [0.4, 0.5) is 4.79 Å². The molecule has 2 unspecified atom stereocenters. The molecule has 0 aromatic rings. The molecule has 0 aliphatic carbocycles. The zero-order chi connectivity index (χ0) is 14.8. The van der Waals surface area contributed by atoms with Crippen LogP contribution in [0.1, 0.15) is 39.5 Å². The summed E-state index contributed by atoms with van der Waals surface area (Å²) in [6.45, 7) is 5.81. The Morgan fingerprint density at radius 1 is 1.30 bits per heavy atom. The highest BCUT2D eigenvalue weighted by atomic mass is 16.5. The van der Waals surface area contributed by atoms with E-state index in [1.807, 2.05) is 6.92 Å². The van der Waals surface area contributed by atoms with Gasteiger partial charge in [0.25, 0.3) is 0 Å². The maximum Gasteiger partial charge on any atom is 0.317 e. The second kappa shape index (κ2) is 5.60. The van der Waals surface area contributed by atoms with E-state index in [9.17, 15) is 14.7 Å². The summed E-state index contributed by atoms with van der Waals surface area (Å²) in [5.41, 5.74) is -1.11. The number of urea groups is 1. The van der Waals surface area contributed by atoms with Crippen molar-refractivity contribution in [3.05, 3.63) is 0 Å². The molecule has 2 heterocycles. The van der Waals surface area contributed by atoms with Gasteiger partial charge in [-0.2, -0.15) is 0 Å². The lowest BCUT2D eigenvalue weighted by molar-refractivity contribution is -0.150. The Balaban J connectivity index is 1.87. The van der Waals surface area contributed by atoms with Crippen LogP contribution in [0.5, 0.6) is 0 Å². The van der Waals surface area contributed by atoms with Crippen LogP contribution in [0.15, 0.2) is 0 Å². The van der Waals surface area contributed by atoms with Crippen LogP contribution in [0.3, 0.4) is 0 Å². The van der Waals surface area contributed by atoms with Gasteiger partial charge in [-0.1, -0.05) is 0 Å². The van der Waals surface area contributed by atoms with Gasteiger partial charge >= 0.3 is 12.0 Å². The smallest absolute Gasteiger partial charge is 0.317 e. The molecule has 0 radical (unpaired) electrons. The topological polar surface area (TPSA) is 78.9 Å². The highest BCUT2D eigenvalue weighted by Crippen LogP contribution is 2.30. The first kappa shape index (κ1) is 15.1. The number of likely N-dealkylation sites (tertiary alicyclic amines) is 1. The molecule has 2 N–H and O–H groups in total. The third kappa shape index (κ3) is 3.23. The minimum atomic E-state index is -0.832. The van der Waals surface area contributed by atoms with Gasteiger partial charge in [0.05, 0.1) is 11.0 Å². The van der Waals surface area contributed by atoms with E-state index in [-0.39, 0.29) is 18.2 Å². The minimum absolute atomic E-state index is 0.186. The molecule has 2 amide bonds. The predicted molar refractivity (Wildman–Crippen MR) is 73.5 cm³/mol. The standard InChI is InChI=1S/C14H24N2O4/c1-13(11(17)18)5-3-7-16(10-13)12(19)15-9-14(2)6-4-8-20-14/h3-10H2,1-2H3,(H,15,19)(H,17,18). The van der Waals surface area contributed by atoms with E-state index in [1.165, 1.54) is 0 Å². The van der Waals surface area contributed by atoms with Crippen molar-refractivity contribution in [2.75, 3.05) is 26.2 Å². The SMILES string of the molecule is CC1(CNC(=O)N2CCCC(C)(C(=O)O)C2)CCCO1. The third-order valence-corrected chi connectivity index (χ3v) is 4.41. The number of rotatable bonds is 3. The molecule has 2 rings (SSSR count). The second-order valence-electron chi connectivity index (χ2n) is 6.45. The molecule has 0 aromatic carbocycles. The van der Waals surface area contributed by atoms with Gasteiger partial charge in [-0.15, -0.1) is 0 Å². The molecule has 0 bridgehead atoms. The van der Waals surface area contributed by atoms with Crippen molar-refractivity contribution in [1.82, 2.24) is 10.2 Å². The Bertz CT molecular complexity index is 393. The number of hydrogen-bond donors (Lipinski definition) is 2. The van der Waals surface area contributed by atoms with E-state index in [1.54, 1.807) is 11.8 Å². The number of carbonyl (C=O) groups excluding carboxylic acids is 1. The molecule has 114 valence electrons. The predicted octanol–water partition coefficient (Wildman–Crippen LogP) is 1.45.